The number of fused-ring (bicyclic) bond motifs is 1. The molecule has 1 aromatic heterocycles. The van der Waals surface area contributed by atoms with E-state index in [2.05, 4.69) is 20.2 Å². The molecule has 0 radical (unpaired) electrons. The number of hydrogen-bond donors (Lipinski definition) is 1. The maximum Gasteiger partial charge on any atom is 0.227 e. The Morgan fingerprint density at radius 3 is 2.52 bits per heavy atom. The number of benzene rings is 1. The van der Waals surface area contributed by atoms with Gasteiger partial charge in [-0.3, -0.25) is 0 Å². The van der Waals surface area contributed by atoms with Crippen molar-refractivity contribution in [3.05, 3.63) is 47.7 Å². The molecule has 144 valence electrons. The van der Waals surface area contributed by atoms with Crippen molar-refractivity contribution >= 4 is 21.8 Å². The standard InChI is InChI=1S/C19H25N5O2S/c1-13-9-17(20-2)22-19(21-13)23-10-15-11-24(27(3,25)26)18(16(15)12-23)14-7-5-4-6-8-14/h4-9,15-16,18H,10-12H2,1-3H3,(H,20,21,22)/t15-,16-,18+/m1/s1. The van der Waals surface area contributed by atoms with Crippen molar-refractivity contribution in [3.8, 4) is 0 Å². The molecule has 0 aliphatic carbocycles. The molecule has 2 aliphatic heterocycles. The van der Waals surface area contributed by atoms with E-state index < -0.39 is 10.0 Å². The second kappa shape index (κ2) is 6.76. The summed E-state index contributed by atoms with van der Waals surface area (Å²) >= 11 is 0. The highest BCUT2D eigenvalue weighted by Gasteiger charge is 2.50. The van der Waals surface area contributed by atoms with Crippen LogP contribution < -0.4 is 10.2 Å². The Morgan fingerprint density at radius 2 is 1.85 bits per heavy atom. The van der Waals surface area contributed by atoms with Crippen LogP contribution in [-0.4, -0.2) is 55.6 Å². The minimum Gasteiger partial charge on any atom is -0.373 e. The Hall–Kier alpha value is -2.19. The predicted octanol–water partition coefficient (Wildman–Crippen LogP) is 1.90. The minimum atomic E-state index is -3.27. The number of hydrogen-bond acceptors (Lipinski definition) is 6. The molecule has 0 unspecified atom stereocenters. The molecular formula is C19H25N5O2S. The van der Waals surface area contributed by atoms with Gasteiger partial charge in [-0.15, -0.1) is 0 Å². The quantitative estimate of drug-likeness (QED) is 0.863. The summed E-state index contributed by atoms with van der Waals surface area (Å²) in [6.45, 7) is 4.03. The first-order valence-electron chi connectivity index (χ1n) is 9.17. The summed E-state index contributed by atoms with van der Waals surface area (Å²) in [5.74, 6) is 2.01. The Morgan fingerprint density at radius 1 is 1.11 bits per heavy atom. The SMILES string of the molecule is CNc1cc(C)nc(N2C[C@@H]3CN(S(C)(=O)=O)[C@@H](c4ccccc4)[C@@H]3C2)n1. The van der Waals surface area contributed by atoms with Crippen molar-refractivity contribution in [2.24, 2.45) is 11.8 Å². The normalized spacial score (nSPS) is 25.6. The van der Waals surface area contributed by atoms with Crippen LogP contribution in [0.25, 0.3) is 0 Å². The van der Waals surface area contributed by atoms with Crippen LogP contribution in [0, 0.1) is 18.8 Å². The van der Waals surface area contributed by atoms with E-state index in [1.807, 2.05) is 50.4 Å². The van der Waals surface area contributed by atoms with Gasteiger partial charge in [-0.1, -0.05) is 30.3 Å². The van der Waals surface area contributed by atoms with E-state index in [-0.39, 0.29) is 17.9 Å². The summed E-state index contributed by atoms with van der Waals surface area (Å²) in [6.07, 6.45) is 1.31. The van der Waals surface area contributed by atoms with Gasteiger partial charge < -0.3 is 10.2 Å². The van der Waals surface area contributed by atoms with Crippen molar-refractivity contribution in [3.63, 3.8) is 0 Å². The zero-order valence-electron chi connectivity index (χ0n) is 15.8. The largest absolute Gasteiger partial charge is 0.373 e. The van der Waals surface area contributed by atoms with E-state index in [1.165, 1.54) is 6.26 Å². The topological polar surface area (TPSA) is 78.4 Å². The average molecular weight is 388 g/mol. The molecule has 2 saturated heterocycles. The maximum atomic E-state index is 12.4. The van der Waals surface area contributed by atoms with Gasteiger partial charge in [0.1, 0.15) is 5.82 Å². The summed E-state index contributed by atoms with van der Waals surface area (Å²) in [6, 6.07) is 11.7. The predicted molar refractivity (Wildman–Crippen MR) is 106 cm³/mol. The lowest BCUT2D eigenvalue weighted by atomic mass is 9.90. The van der Waals surface area contributed by atoms with Crippen molar-refractivity contribution < 1.29 is 8.42 Å². The zero-order valence-corrected chi connectivity index (χ0v) is 16.6. The number of aromatic nitrogens is 2. The fourth-order valence-corrected chi connectivity index (χ4v) is 5.55. The van der Waals surface area contributed by atoms with E-state index in [4.69, 9.17) is 0 Å². The van der Waals surface area contributed by atoms with Crippen molar-refractivity contribution in [2.45, 2.75) is 13.0 Å². The first-order valence-corrected chi connectivity index (χ1v) is 11.0. The van der Waals surface area contributed by atoms with E-state index >= 15 is 0 Å². The molecule has 3 atom stereocenters. The molecule has 0 spiro atoms. The fourth-order valence-electron chi connectivity index (χ4n) is 4.40. The van der Waals surface area contributed by atoms with Gasteiger partial charge in [0.25, 0.3) is 0 Å². The van der Waals surface area contributed by atoms with Gasteiger partial charge in [-0.2, -0.15) is 9.29 Å². The molecule has 7 nitrogen and oxygen atoms in total. The molecule has 1 N–H and O–H groups in total. The average Bonchev–Trinajstić information content (AvgIpc) is 3.19. The highest BCUT2D eigenvalue weighted by Crippen LogP contribution is 2.46. The summed E-state index contributed by atoms with van der Waals surface area (Å²) in [5.41, 5.74) is 1.97. The molecule has 8 heteroatoms. The van der Waals surface area contributed by atoms with Gasteiger partial charge in [-0.05, 0) is 18.4 Å². The lowest BCUT2D eigenvalue weighted by Crippen LogP contribution is -2.35. The Balaban J connectivity index is 1.66. The van der Waals surface area contributed by atoms with Gasteiger partial charge in [-0.25, -0.2) is 13.4 Å². The van der Waals surface area contributed by atoms with E-state index in [0.29, 0.717) is 12.5 Å². The second-order valence-electron chi connectivity index (χ2n) is 7.46. The monoisotopic (exact) mass is 387 g/mol. The van der Waals surface area contributed by atoms with Gasteiger partial charge >= 0.3 is 0 Å². The summed E-state index contributed by atoms with van der Waals surface area (Å²) < 4.78 is 26.5. The lowest BCUT2D eigenvalue weighted by molar-refractivity contribution is 0.351. The van der Waals surface area contributed by atoms with Crippen LogP contribution in [-0.2, 0) is 10.0 Å². The third-order valence-corrected chi connectivity index (χ3v) is 6.80. The highest BCUT2D eigenvalue weighted by atomic mass is 32.2. The smallest absolute Gasteiger partial charge is 0.227 e. The van der Waals surface area contributed by atoms with Gasteiger partial charge in [0.15, 0.2) is 0 Å². The molecule has 2 aliphatic rings. The minimum absolute atomic E-state index is 0.134. The number of anilines is 2. The molecular weight excluding hydrogens is 362 g/mol. The molecule has 1 aromatic carbocycles. The van der Waals surface area contributed by atoms with Crippen LogP contribution >= 0.6 is 0 Å². The molecule has 2 fully saturated rings. The number of sulfonamides is 1. The first-order chi connectivity index (χ1) is 12.9. The molecule has 0 bridgehead atoms. The third kappa shape index (κ3) is 3.39. The lowest BCUT2D eigenvalue weighted by Gasteiger charge is -2.28. The van der Waals surface area contributed by atoms with Crippen LogP contribution in [0.2, 0.25) is 0 Å². The van der Waals surface area contributed by atoms with Crippen molar-refractivity contribution in [1.29, 1.82) is 0 Å². The Kier molecular flexibility index (Phi) is 4.55. The third-order valence-electron chi connectivity index (χ3n) is 5.57. The van der Waals surface area contributed by atoms with E-state index in [0.717, 1.165) is 30.2 Å². The molecule has 4 rings (SSSR count). The number of rotatable bonds is 4. The summed E-state index contributed by atoms with van der Waals surface area (Å²) in [4.78, 5) is 11.4. The highest BCUT2D eigenvalue weighted by molar-refractivity contribution is 7.88. The van der Waals surface area contributed by atoms with Crippen LogP contribution in [0.15, 0.2) is 36.4 Å². The van der Waals surface area contributed by atoms with Crippen LogP contribution in [0.4, 0.5) is 11.8 Å². The van der Waals surface area contributed by atoms with E-state index in [9.17, 15) is 8.42 Å². The summed E-state index contributed by atoms with van der Waals surface area (Å²) in [5, 5.41) is 3.08. The van der Waals surface area contributed by atoms with Gasteiger partial charge in [0, 0.05) is 44.4 Å². The van der Waals surface area contributed by atoms with Crippen LogP contribution in [0.3, 0.4) is 0 Å². The summed E-state index contributed by atoms with van der Waals surface area (Å²) in [7, 11) is -1.42. The first kappa shape index (κ1) is 18.2. The van der Waals surface area contributed by atoms with Gasteiger partial charge in [0.05, 0.1) is 12.3 Å². The second-order valence-corrected chi connectivity index (χ2v) is 9.40. The van der Waals surface area contributed by atoms with Crippen LogP contribution in [0.5, 0.6) is 0 Å². The van der Waals surface area contributed by atoms with Crippen molar-refractivity contribution in [1.82, 2.24) is 14.3 Å². The number of nitrogens with one attached hydrogen (secondary N) is 1. The molecule has 27 heavy (non-hydrogen) atoms. The molecule has 3 heterocycles. The van der Waals surface area contributed by atoms with Crippen molar-refractivity contribution in [2.75, 3.05) is 43.2 Å². The fraction of sp³-hybridized carbons (Fsp3) is 0.474. The molecule has 0 saturated carbocycles. The molecule has 2 aromatic rings. The Labute approximate surface area is 160 Å². The maximum absolute atomic E-state index is 12.4. The van der Waals surface area contributed by atoms with E-state index in [1.54, 1.807) is 4.31 Å². The Bertz CT molecular complexity index is 934. The van der Waals surface area contributed by atoms with Gasteiger partial charge in [0.2, 0.25) is 16.0 Å². The zero-order chi connectivity index (χ0) is 19.2. The molecule has 0 amide bonds. The number of aryl methyl sites for hydroxylation is 1. The van der Waals surface area contributed by atoms with Crippen LogP contribution in [0.1, 0.15) is 17.3 Å². The number of nitrogens with zero attached hydrogens (tertiary/aromatic N) is 4.